The fourth-order valence-corrected chi connectivity index (χ4v) is 4.32. The molecule has 30 heavy (non-hydrogen) atoms. The van der Waals surface area contributed by atoms with E-state index in [0.29, 0.717) is 28.6 Å². The highest BCUT2D eigenvalue weighted by Gasteiger charge is 2.38. The molecule has 0 unspecified atom stereocenters. The monoisotopic (exact) mass is 434 g/mol. The molecule has 3 aromatic rings. The molecule has 0 fully saturated rings. The van der Waals surface area contributed by atoms with Gasteiger partial charge in [0.15, 0.2) is 0 Å². The summed E-state index contributed by atoms with van der Waals surface area (Å²) in [5, 5.41) is 3.67. The van der Waals surface area contributed by atoms with Gasteiger partial charge < -0.3 is 5.32 Å². The topological polar surface area (TPSA) is 49.4 Å². The van der Waals surface area contributed by atoms with Crippen molar-refractivity contribution in [2.45, 2.75) is 11.3 Å². The van der Waals surface area contributed by atoms with Crippen LogP contribution in [0.1, 0.15) is 5.56 Å². The van der Waals surface area contributed by atoms with Crippen molar-refractivity contribution in [3.8, 4) is 0 Å². The summed E-state index contributed by atoms with van der Waals surface area (Å²) in [7, 11) is 0. The molecule has 0 atom stereocenters. The van der Waals surface area contributed by atoms with Crippen LogP contribution in [0.3, 0.4) is 0 Å². The SMILES string of the molecule is O=C1C(Nc2cccc(Cl)c2)=C(Sc2ccccc2)C(=O)N1CCc1ccccc1. The van der Waals surface area contributed by atoms with Gasteiger partial charge in [-0.3, -0.25) is 14.5 Å². The van der Waals surface area contributed by atoms with Crippen molar-refractivity contribution in [3.05, 3.63) is 106 Å². The van der Waals surface area contributed by atoms with E-state index in [-0.39, 0.29) is 17.5 Å². The molecule has 150 valence electrons. The average Bonchev–Trinajstić information content (AvgIpc) is 2.97. The minimum atomic E-state index is -0.325. The Balaban J connectivity index is 1.61. The molecular formula is C24H19ClN2O2S. The van der Waals surface area contributed by atoms with Gasteiger partial charge in [0, 0.05) is 22.2 Å². The number of thioether (sulfide) groups is 1. The molecule has 0 saturated heterocycles. The first-order valence-electron chi connectivity index (χ1n) is 9.52. The Hall–Kier alpha value is -3.02. The maximum atomic E-state index is 13.2. The smallest absolute Gasteiger partial charge is 0.278 e. The number of carbonyl (C=O) groups is 2. The second kappa shape index (κ2) is 9.20. The molecule has 1 heterocycles. The third-order valence-electron chi connectivity index (χ3n) is 4.65. The molecule has 1 aliphatic rings. The van der Waals surface area contributed by atoms with Crippen LogP contribution in [0.5, 0.6) is 0 Å². The molecular weight excluding hydrogens is 416 g/mol. The van der Waals surface area contributed by atoms with E-state index in [9.17, 15) is 9.59 Å². The van der Waals surface area contributed by atoms with Gasteiger partial charge in [-0.15, -0.1) is 0 Å². The second-order valence-electron chi connectivity index (χ2n) is 6.75. The summed E-state index contributed by atoms with van der Waals surface area (Å²) in [4.78, 5) is 28.9. The molecule has 0 radical (unpaired) electrons. The van der Waals surface area contributed by atoms with Crippen molar-refractivity contribution >= 4 is 40.9 Å². The number of imide groups is 1. The molecule has 3 aromatic carbocycles. The number of amides is 2. The van der Waals surface area contributed by atoms with E-state index in [2.05, 4.69) is 5.32 Å². The normalized spacial score (nSPS) is 13.8. The van der Waals surface area contributed by atoms with Crippen LogP contribution < -0.4 is 5.32 Å². The molecule has 0 saturated carbocycles. The van der Waals surface area contributed by atoms with Gasteiger partial charge in [-0.2, -0.15) is 0 Å². The van der Waals surface area contributed by atoms with E-state index in [1.54, 1.807) is 18.2 Å². The fourth-order valence-electron chi connectivity index (χ4n) is 3.16. The summed E-state index contributed by atoms with van der Waals surface area (Å²) in [6.07, 6.45) is 0.603. The Morgan fingerprint density at radius 2 is 1.53 bits per heavy atom. The molecule has 1 aliphatic heterocycles. The Bertz CT molecular complexity index is 1100. The zero-order chi connectivity index (χ0) is 20.9. The van der Waals surface area contributed by atoms with Gasteiger partial charge in [-0.05, 0) is 42.3 Å². The van der Waals surface area contributed by atoms with Gasteiger partial charge in [0.25, 0.3) is 11.8 Å². The standard InChI is InChI=1S/C24H19ClN2O2S/c25-18-10-7-11-19(16-18)26-21-22(30-20-12-5-2-6-13-20)24(29)27(23(21)28)15-14-17-8-3-1-4-9-17/h1-13,16,26H,14-15H2. The molecule has 0 spiro atoms. The quantitative estimate of drug-likeness (QED) is 0.508. The lowest BCUT2D eigenvalue weighted by Gasteiger charge is -2.15. The molecule has 6 heteroatoms. The number of anilines is 1. The van der Waals surface area contributed by atoms with Gasteiger partial charge >= 0.3 is 0 Å². The van der Waals surface area contributed by atoms with Gasteiger partial charge in [0.2, 0.25) is 0 Å². The van der Waals surface area contributed by atoms with Crippen molar-refractivity contribution < 1.29 is 9.59 Å². The first-order chi connectivity index (χ1) is 14.6. The number of hydrogen-bond acceptors (Lipinski definition) is 4. The van der Waals surface area contributed by atoms with E-state index in [1.807, 2.05) is 66.7 Å². The van der Waals surface area contributed by atoms with Crippen LogP contribution in [0.25, 0.3) is 0 Å². The summed E-state index contributed by atoms with van der Waals surface area (Å²) in [5.74, 6) is -0.608. The Labute approximate surface area is 184 Å². The summed E-state index contributed by atoms with van der Waals surface area (Å²) < 4.78 is 0. The number of nitrogens with zero attached hydrogens (tertiary/aromatic N) is 1. The zero-order valence-corrected chi connectivity index (χ0v) is 17.6. The van der Waals surface area contributed by atoms with E-state index in [1.165, 1.54) is 16.7 Å². The lowest BCUT2D eigenvalue weighted by Crippen LogP contribution is -2.34. The van der Waals surface area contributed by atoms with Crippen LogP contribution in [-0.4, -0.2) is 23.3 Å². The fraction of sp³-hybridized carbons (Fsp3) is 0.0833. The molecule has 4 nitrogen and oxygen atoms in total. The van der Waals surface area contributed by atoms with E-state index < -0.39 is 0 Å². The second-order valence-corrected chi connectivity index (χ2v) is 8.27. The minimum absolute atomic E-state index is 0.282. The maximum Gasteiger partial charge on any atom is 0.278 e. The number of halogens is 1. The number of benzene rings is 3. The maximum absolute atomic E-state index is 13.2. The summed E-state index contributed by atoms with van der Waals surface area (Å²) in [6, 6.07) is 26.5. The Kier molecular flexibility index (Phi) is 6.21. The van der Waals surface area contributed by atoms with Crippen molar-refractivity contribution in [2.75, 3.05) is 11.9 Å². The van der Waals surface area contributed by atoms with Crippen LogP contribution in [0.2, 0.25) is 5.02 Å². The lowest BCUT2D eigenvalue weighted by molar-refractivity contribution is -0.137. The van der Waals surface area contributed by atoms with Crippen LogP contribution in [0.15, 0.2) is 100 Å². The number of carbonyl (C=O) groups excluding carboxylic acids is 2. The van der Waals surface area contributed by atoms with E-state index in [0.717, 1.165) is 10.5 Å². The molecule has 0 bridgehead atoms. The zero-order valence-electron chi connectivity index (χ0n) is 16.0. The third-order valence-corrected chi connectivity index (χ3v) is 5.98. The van der Waals surface area contributed by atoms with Crippen molar-refractivity contribution in [3.63, 3.8) is 0 Å². The number of hydrogen-bond donors (Lipinski definition) is 1. The minimum Gasteiger partial charge on any atom is -0.350 e. The van der Waals surface area contributed by atoms with Crippen LogP contribution in [0.4, 0.5) is 5.69 Å². The van der Waals surface area contributed by atoms with E-state index >= 15 is 0 Å². The lowest BCUT2D eigenvalue weighted by atomic mass is 10.1. The summed E-state index contributed by atoms with van der Waals surface area (Å²) in [6.45, 7) is 0.321. The third kappa shape index (κ3) is 4.58. The van der Waals surface area contributed by atoms with Crippen molar-refractivity contribution in [1.82, 2.24) is 4.90 Å². The Morgan fingerprint density at radius 3 is 2.23 bits per heavy atom. The van der Waals surface area contributed by atoms with Crippen LogP contribution in [-0.2, 0) is 16.0 Å². The molecule has 0 aliphatic carbocycles. The van der Waals surface area contributed by atoms with Crippen LogP contribution in [0, 0.1) is 0 Å². The van der Waals surface area contributed by atoms with Gasteiger partial charge in [-0.1, -0.05) is 78.0 Å². The predicted octanol–water partition coefficient (Wildman–Crippen LogP) is 5.37. The summed E-state index contributed by atoms with van der Waals surface area (Å²) in [5.41, 5.74) is 2.02. The Morgan fingerprint density at radius 1 is 0.833 bits per heavy atom. The highest BCUT2D eigenvalue weighted by Crippen LogP contribution is 2.36. The van der Waals surface area contributed by atoms with E-state index in [4.69, 9.17) is 11.6 Å². The largest absolute Gasteiger partial charge is 0.350 e. The molecule has 1 N–H and O–H groups in total. The van der Waals surface area contributed by atoms with Gasteiger partial charge in [0.1, 0.15) is 10.6 Å². The highest BCUT2D eigenvalue weighted by molar-refractivity contribution is 8.04. The molecule has 2 amide bonds. The van der Waals surface area contributed by atoms with Crippen molar-refractivity contribution in [2.24, 2.45) is 0 Å². The van der Waals surface area contributed by atoms with Gasteiger partial charge in [0.05, 0.1) is 0 Å². The molecule has 4 rings (SSSR count). The first-order valence-corrected chi connectivity index (χ1v) is 10.7. The highest BCUT2D eigenvalue weighted by atomic mass is 35.5. The first kappa shape index (κ1) is 20.3. The van der Waals surface area contributed by atoms with Crippen LogP contribution >= 0.6 is 23.4 Å². The van der Waals surface area contributed by atoms with Gasteiger partial charge in [-0.25, -0.2) is 0 Å². The number of rotatable bonds is 7. The predicted molar refractivity (Wildman–Crippen MR) is 121 cm³/mol. The van der Waals surface area contributed by atoms with Crippen molar-refractivity contribution in [1.29, 1.82) is 0 Å². The average molecular weight is 435 g/mol. The molecule has 0 aromatic heterocycles. The number of nitrogens with one attached hydrogen (secondary N) is 1. The summed E-state index contributed by atoms with van der Waals surface area (Å²) >= 11 is 7.38.